The zero-order chi connectivity index (χ0) is 19.4. The van der Waals surface area contributed by atoms with Crippen molar-refractivity contribution in [3.63, 3.8) is 0 Å². The van der Waals surface area contributed by atoms with Crippen LogP contribution in [-0.4, -0.2) is 14.6 Å². The van der Waals surface area contributed by atoms with Crippen LogP contribution in [0.3, 0.4) is 0 Å². The quantitative estimate of drug-likeness (QED) is 0.381. The molecule has 0 atom stereocenters. The van der Waals surface area contributed by atoms with Crippen molar-refractivity contribution in [3.8, 4) is 5.75 Å². The van der Waals surface area contributed by atoms with Crippen molar-refractivity contribution >= 4 is 38.0 Å². The second-order valence-corrected chi connectivity index (χ2v) is 8.54. The fraction of sp³-hybridized carbons (Fsp3) is 0.0952. The van der Waals surface area contributed by atoms with E-state index in [1.165, 1.54) is 12.1 Å². The average molecular weight is 444 g/mol. The van der Waals surface area contributed by atoms with Crippen LogP contribution < -0.4 is 4.18 Å². The number of hydrogen-bond donors (Lipinski definition) is 0. The molecule has 0 fully saturated rings. The molecule has 6 heteroatoms. The van der Waals surface area contributed by atoms with Crippen molar-refractivity contribution in [2.75, 3.05) is 0 Å². The third-order valence-corrected chi connectivity index (χ3v) is 5.64. The van der Waals surface area contributed by atoms with Gasteiger partial charge in [-0.2, -0.15) is 8.42 Å². The van der Waals surface area contributed by atoms with Gasteiger partial charge >= 0.3 is 10.1 Å². The highest BCUT2D eigenvalue weighted by Gasteiger charge is 2.18. The number of nitrogens with zero attached hydrogens (tertiary/aromatic N) is 1. The van der Waals surface area contributed by atoms with Gasteiger partial charge < -0.3 is 4.18 Å². The second-order valence-electron chi connectivity index (χ2n) is 6.08. The molecule has 138 valence electrons. The zero-order valence-corrected chi connectivity index (χ0v) is 17.3. The Kier molecular flexibility index (Phi) is 5.77. The van der Waals surface area contributed by atoms with E-state index in [0.717, 1.165) is 21.3 Å². The van der Waals surface area contributed by atoms with Crippen molar-refractivity contribution < 1.29 is 12.6 Å². The second kappa shape index (κ2) is 8.06. The van der Waals surface area contributed by atoms with Crippen LogP contribution in [0.2, 0.25) is 0 Å². The first-order valence-corrected chi connectivity index (χ1v) is 10.5. The van der Waals surface area contributed by atoms with E-state index in [2.05, 4.69) is 20.9 Å². The zero-order valence-electron chi connectivity index (χ0n) is 14.9. The molecular formula is C21H18BrNO3S. The van der Waals surface area contributed by atoms with Gasteiger partial charge in [-0.15, -0.1) is 0 Å². The Balaban J connectivity index is 1.95. The monoisotopic (exact) mass is 443 g/mol. The smallest absolute Gasteiger partial charge is 0.339 e. The predicted molar refractivity (Wildman–Crippen MR) is 112 cm³/mol. The summed E-state index contributed by atoms with van der Waals surface area (Å²) in [7, 11) is -3.92. The van der Waals surface area contributed by atoms with Crippen LogP contribution in [0.1, 0.15) is 16.7 Å². The van der Waals surface area contributed by atoms with E-state index in [1.807, 2.05) is 32.0 Å². The SMILES string of the molecule is Cc1ccc(N=Cc2cc(Br)ccc2OS(=O)(=O)c2ccccc2)c(C)c1. The van der Waals surface area contributed by atoms with Crippen molar-refractivity contribution in [2.24, 2.45) is 4.99 Å². The molecule has 0 aliphatic heterocycles. The molecule has 0 bridgehead atoms. The normalized spacial score (nSPS) is 11.7. The standard InChI is InChI=1S/C21H18BrNO3S/c1-15-8-10-20(16(2)12-15)23-14-17-13-18(22)9-11-21(17)26-27(24,25)19-6-4-3-5-7-19/h3-14H,1-2H3. The topological polar surface area (TPSA) is 55.7 Å². The van der Waals surface area contributed by atoms with Gasteiger partial charge in [0.2, 0.25) is 0 Å². The third kappa shape index (κ3) is 4.84. The molecule has 0 heterocycles. The minimum Gasteiger partial charge on any atom is -0.378 e. The van der Waals surface area contributed by atoms with Crippen LogP contribution >= 0.6 is 15.9 Å². The van der Waals surface area contributed by atoms with E-state index in [1.54, 1.807) is 42.6 Å². The largest absolute Gasteiger partial charge is 0.378 e. The summed E-state index contributed by atoms with van der Waals surface area (Å²) in [5.74, 6) is 0.218. The Hall–Kier alpha value is -2.44. The summed E-state index contributed by atoms with van der Waals surface area (Å²) in [6.07, 6.45) is 1.61. The van der Waals surface area contributed by atoms with E-state index in [-0.39, 0.29) is 10.6 Å². The lowest BCUT2D eigenvalue weighted by molar-refractivity contribution is 0.485. The molecule has 0 aliphatic carbocycles. The van der Waals surface area contributed by atoms with E-state index >= 15 is 0 Å². The summed E-state index contributed by atoms with van der Waals surface area (Å²) in [5, 5.41) is 0. The van der Waals surface area contributed by atoms with Crippen LogP contribution in [0, 0.1) is 13.8 Å². The molecule has 0 unspecified atom stereocenters. The lowest BCUT2D eigenvalue weighted by Crippen LogP contribution is -2.10. The Labute approximate surface area is 167 Å². The molecular weight excluding hydrogens is 426 g/mol. The molecule has 0 amide bonds. The Bertz CT molecular complexity index is 1090. The highest BCUT2D eigenvalue weighted by atomic mass is 79.9. The molecule has 0 aromatic heterocycles. The molecule has 4 nitrogen and oxygen atoms in total. The molecule has 0 aliphatic rings. The van der Waals surface area contributed by atoms with Gasteiger partial charge in [0.25, 0.3) is 0 Å². The number of halogens is 1. The van der Waals surface area contributed by atoms with Crippen molar-refractivity contribution in [1.82, 2.24) is 0 Å². The van der Waals surface area contributed by atoms with Crippen LogP contribution in [0.25, 0.3) is 0 Å². The molecule has 3 aromatic carbocycles. The molecule has 0 N–H and O–H groups in total. The van der Waals surface area contributed by atoms with Crippen LogP contribution in [-0.2, 0) is 10.1 Å². The molecule has 3 rings (SSSR count). The number of aryl methyl sites for hydroxylation is 2. The van der Waals surface area contributed by atoms with Crippen molar-refractivity contribution in [1.29, 1.82) is 0 Å². The van der Waals surface area contributed by atoms with Gasteiger partial charge in [-0.25, -0.2) is 0 Å². The Morgan fingerprint density at radius 2 is 1.70 bits per heavy atom. The van der Waals surface area contributed by atoms with Crippen LogP contribution in [0.4, 0.5) is 5.69 Å². The molecule has 0 saturated carbocycles. The number of benzene rings is 3. The van der Waals surface area contributed by atoms with E-state index in [4.69, 9.17) is 4.18 Å². The minimum atomic E-state index is -3.92. The Morgan fingerprint density at radius 1 is 0.963 bits per heavy atom. The van der Waals surface area contributed by atoms with Crippen molar-refractivity contribution in [3.05, 3.63) is 87.9 Å². The molecule has 27 heavy (non-hydrogen) atoms. The lowest BCUT2D eigenvalue weighted by Gasteiger charge is -2.10. The van der Waals surface area contributed by atoms with Gasteiger partial charge in [-0.1, -0.05) is 51.8 Å². The maximum absolute atomic E-state index is 12.5. The number of hydrogen-bond acceptors (Lipinski definition) is 4. The van der Waals surface area contributed by atoms with Crippen molar-refractivity contribution in [2.45, 2.75) is 18.7 Å². The highest BCUT2D eigenvalue weighted by molar-refractivity contribution is 9.10. The molecule has 0 spiro atoms. The van der Waals surface area contributed by atoms with E-state index in [9.17, 15) is 8.42 Å². The summed E-state index contributed by atoms with van der Waals surface area (Å²) in [6, 6.07) is 19.1. The molecule has 3 aromatic rings. The van der Waals surface area contributed by atoms with Gasteiger partial charge in [0.15, 0.2) is 5.75 Å². The minimum absolute atomic E-state index is 0.102. The first-order chi connectivity index (χ1) is 12.8. The molecule has 0 saturated heterocycles. The van der Waals surface area contributed by atoms with Gasteiger partial charge in [0.05, 0.1) is 5.69 Å². The third-order valence-electron chi connectivity index (χ3n) is 3.90. The summed E-state index contributed by atoms with van der Waals surface area (Å²) >= 11 is 3.40. The first kappa shape index (κ1) is 19.3. The van der Waals surface area contributed by atoms with Gasteiger partial charge in [0, 0.05) is 16.3 Å². The summed E-state index contributed by atoms with van der Waals surface area (Å²) in [5.41, 5.74) is 3.58. The maximum atomic E-state index is 12.5. The number of aliphatic imine (C=N–C) groups is 1. The van der Waals surface area contributed by atoms with E-state index in [0.29, 0.717) is 5.56 Å². The van der Waals surface area contributed by atoms with Gasteiger partial charge in [-0.05, 0) is 55.8 Å². The van der Waals surface area contributed by atoms with Crippen LogP contribution in [0.15, 0.2) is 81.1 Å². The maximum Gasteiger partial charge on any atom is 0.339 e. The summed E-state index contributed by atoms with van der Waals surface area (Å²) in [4.78, 5) is 4.60. The van der Waals surface area contributed by atoms with Crippen LogP contribution in [0.5, 0.6) is 5.75 Å². The van der Waals surface area contributed by atoms with E-state index < -0.39 is 10.1 Å². The number of rotatable bonds is 5. The Morgan fingerprint density at radius 3 is 2.41 bits per heavy atom. The van der Waals surface area contributed by atoms with Gasteiger partial charge in [0.1, 0.15) is 4.90 Å². The summed E-state index contributed by atoms with van der Waals surface area (Å²) < 4.78 is 31.2. The predicted octanol–water partition coefficient (Wildman–Crippen LogP) is 5.58. The highest BCUT2D eigenvalue weighted by Crippen LogP contribution is 2.27. The van der Waals surface area contributed by atoms with Gasteiger partial charge in [-0.3, -0.25) is 4.99 Å². The molecule has 0 radical (unpaired) electrons. The fourth-order valence-corrected chi connectivity index (χ4v) is 3.89. The first-order valence-electron chi connectivity index (χ1n) is 8.25. The average Bonchev–Trinajstić information content (AvgIpc) is 2.63. The fourth-order valence-electron chi connectivity index (χ4n) is 2.54. The summed E-state index contributed by atoms with van der Waals surface area (Å²) in [6.45, 7) is 4.01. The lowest BCUT2D eigenvalue weighted by atomic mass is 10.1.